The Morgan fingerprint density at radius 2 is 1.58 bits per heavy atom. The molecule has 0 bridgehead atoms. The molecule has 0 saturated carbocycles. The van der Waals surface area contributed by atoms with E-state index in [4.69, 9.17) is 5.73 Å². The zero-order valence-electron chi connectivity index (χ0n) is 9.03. The van der Waals surface area contributed by atoms with Gasteiger partial charge in [0.2, 0.25) is 0 Å². The van der Waals surface area contributed by atoms with E-state index in [1.807, 2.05) is 0 Å². The monoisotopic (exact) mass is 171 g/mol. The minimum absolute atomic E-state index is 0.547. The summed E-state index contributed by atoms with van der Waals surface area (Å²) >= 11 is 0. The van der Waals surface area contributed by atoms with Crippen molar-refractivity contribution in [2.45, 2.75) is 59.3 Å². The average Bonchev–Trinajstić information content (AvgIpc) is 2.01. The maximum atomic E-state index is 5.46. The topological polar surface area (TPSA) is 26.0 Å². The molecule has 0 aliphatic heterocycles. The minimum Gasteiger partial charge on any atom is -0.330 e. The van der Waals surface area contributed by atoms with Crippen molar-refractivity contribution in [2.24, 2.45) is 11.1 Å². The van der Waals surface area contributed by atoms with Crippen LogP contribution in [-0.4, -0.2) is 6.54 Å². The summed E-state index contributed by atoms with van der Waals surface area (Å²) in [5, 5.41) is 0. The molecule has 0 radical (unpaired) electrons. The molecule has 0 heterocycles. The lowest BCUT2D eigenvalue weighted by Crippen LogP contribution is -2.11. The molecule has 0 rings (SSSR count). The molecule has 0 amide bonds. The minimum atomic E-state index is 0.547. The van der Waals surface area contributed by atoms with Gasteiger partial charge in [-0.15, -0.1) is 0 Å². The number of hydrogen-bond donors (Lipinski definition) is 1. The largest absolute Gasteiger partial charge is 0.330 e. The third kappa shape index (κ3) is 6.66. The van der Waals surface area contributed by atoms with Crippen molar-refractivity contribution in [2.75, 3.05) is 6.54 Å². The molecule has 0 spiro atoms. The van der Waals surface area contributed by atoms with Crippen molar-refractivity contribution < 1.29 is 0 Å². The zero-order valence-corrected chi connectivity index (χ0v) is 9.03. The summed E-state index contributed by atoms with van der Waals surface area (Å²) in [4.78, 5) is 0. The third-order valence-corrected chi connectivity index (χ3v) is 2.51. The van der Waals surface area contributed by atoms with E-state index in [-0.39, 0.29) is 0 Å². The van der Waals surface area contributed by atoms with E-state index in [0.29, 0.717) is 5.41 Å². The van der Waals surface area contributed by atoms with Crippen LogP contribution in [0, 0.1) is 5.41 Å². The number of rotatable bonds is 7. The standard InChI is InChI=1S/C11H25N/c1-4-5-8-11(2,3)9-6-7-10-12/h4-10,12H2,1-3H3. The van der Waals surface area contributed by atoms with Gasteiger partial charge in [-0.05, 0) is 31.2 Å². The predicted octanol–water partition coefficient (Wildman–Crippen LogP) is 3.33. The van der Waals surface area contributed by atoms with Gasteiger partial charge in [-0.1, -0.05) is 40.0 Å². The summed E-state index contributed by atoms with van der Waals surface area (Å²) in [6.07, 6.45) is 7.89. The first-order valence-corrected chi connectivity index (χ1v) is 5.32. The van der Waals surface area contributed by atoms with E-state index in [9.17, 15) is 0 Å². The van der Waals surface area contributed by atoms with E-state index < -0.39 is 0 Å². The molecule has 0 saturated heterocycles. The lowest BCUT2D eigenvalue weighted by atomic mass is 9.82. The fourth-order valence-corrected chi connectivity index (χ4v) is 1.53. The second-order valence-corrected chi connectivity index (χ2v) is 4.51. The van der Waals surface area contributed by atoms with Gasteiger partial charge in [-0.2, -0.15) is 0 Å². The summed E-state index contributed by atoms with van der Waals surface area (Å²) in [5.74, 6) is 0. The fourth-order valence-electron chi connectivity index (χ4n) is 1.53. The highest BCUT2D eigenvalue weighted by Crippen LogP contribution is 2.29. The van der Waals surface area contributed by atoms with E-state index in [2.05, 4.69) is 20.8 Å². The van der Waals surface area contributed by atoms with Crippen LogP contribution in [0.3, 0.4) is 0 Å². The second kappa shape index (κ2) is 6.47. The van der Waals surface area contributed by atoms with Crippen LogP contribution in [0.5, 0.6) is 0 Å². The van der Waals surface area contributed by atoms with Gasteiger partial charge in [0.25, 0.3) is 0 Å². The Kier molecular flexibility index (Phi) is 6.45. The molecule has 0 atom stereocenters. The number of nitrogens with two attached hydrogens (primary N) is 1. The van der Waals surface area contributed by atoms with Crippen molar-refractivity contribution in [3.05, 3.63) is 0 Å². The summed E-state index contributed by atoms with van der Waals surface area (Å²) in [7, 11) is 0. The van der Waals surface area contributed by atoms with Crippen LogP contribution in [0.15, 0.2) is 0 Å². The van der Waals surface area contributed by atoms with Gasteiger partial charge in [0, 0.05) is 0 Å². The third-order valence-electron chi connectivity index (χ3n) is 2.51. The lowest BCUT2D eigenvalue weighted by Gasteiger charge is -2.24. The zero-order chi connectivity index (χ0) is 9.45. The van der Waals surface area contributed by atoms with Crippen molar-refractivity contribution in [1.29, 1.82) is 0 Å². The van der Waals surface area contributed by atoms with Crippen LogP contribution in [0.25, 0.3) is 0 Å². The van der Waals surface area contributed by atoms with E-state index >= 15 is 0 Å². The molecule has 0 fully saturated rings. The van der Waals surface area contributed by atoms with E-state index in [1.54, 1.807) is 0 Å². The summed E-state index contributed by atoms with van der Waals surface area (Å²) in [5.41, 5.74) is 6.00. The average molecular weight is 171 g/mol. The van der Waals surface area contributed by atoms with Gasteiger partial charge >= 0.3 is 0 Å². The van der Waals surface area contributed by atoms with Gasteiger partial charge in [-0.3, -0.25) is 0 Å². The SMILES string of the molecule is CCCCC(C)(C)CCCCN. The summed E-state index contributed by atoms with van der Waals surface area (Å²) in [6.45, 7) is 7.86. The maximum Gasteiger partial charge on any atom is -0.00773 e. The van der Waals surface area contributed by atoms with Crippen molar-refractivity contribution >= 4 is 0 Å². The first-order valence-electron chi connectivity index (χ1n) is 5.32. The van der Waals surface area contributed by atoms with Gasteiger partial charge in [-0.25, -0.2) is 0 Å². The van der Waals surface area contributed by atoms with Gasteiger partial charge in [0.1, 0.15) is 0 Å². The van der Waals surface area contributed by atoms with Crippen molar-refractivity contribution in [1.82, 2.24) is 0 Å². The highest BCUT2D eigenvalue weighted by atomic mass is 14.5. The Hall–Kier alpha value is -0.0400. The van der Waals surface area contributed by atoms with Crippen LogP contribution in [0.2, 0.25) is 0 Å². The molecule has 1 heteroatoms. The second-order valence-electron chi connectivity index (χ2n) is 4.51. The van der Waals surface area contributed by atoms with Gasteiger partial charge < -0.3 is 5.73 Å². The summed E-state index contributed by atoms with van der Waals surface area (Å²) < 4.78 is 0. The molecule has 0 aromatic carbocycles. The molecular weight excluding hydrogens is 146 g/mol. The van der Waals surface area contributed by atoms with Crippen LogP contribution < -0.4 is 5.73 Å². The predicted molar refractivity (Wildman–Crippen MR) is 56.2 cm³/mol. The molecule has 1 nitrogen and oxygen atoms in total. The van der Waals surface area contributed by atoms with Gasteiger partial charge in [0.15, 0.2) is 0 Å². The van der Waals surface area contributed by atoms with Crippen LogP contribution >= 0.6 is 0 Å². The van der Waals surface area contributed by atoms with Crippen LogP contribution in [-0.2, 0) is 0 Å². The molecule has 0 aliphatic carbocycles. The van der Waals surface area contributed by atoms with E-state index in [1.165, 1.54) is 38.5 Å². The van der Waals surface area contributed by atoms with Crippen molar-refractivity contribution in [3.8, 4) is 0 Å². The Labute approximate surface area is 77.7 Å². The molecule has 2 N–H and O–H groups in total. The molecule has 0 aliphatic rings. The first kappa shape index (κ1) is 12.0. The molecular formula is C11H25N. The normalized spacial score (nSPS) is 12.0. The maximum absolute atomic E-state index is 5.46. The smallest absolute Gasteiger partial charge is 0.00773 e. The Balaban J connectivity index is 3.42. The molecule has 74 valence electrons. The molecule has 12 heavy (non-hydrogen) atoms. The van der Waals surface area contributed by atoms with E-state index in [0.717, 1.165) is 6.54 Å². The number of unbranched alkanes of at least 4 members (excludes halogenated alkanes) is 2. The highest BCUT2D eigenvalue weighted by molar-refractivity contribution is 4.68. The van der Waals surface area contributed by atoms with Crippen molar-refractivity contribution in [3.63, 3.8) is 0 Å². The van der Waals surface area contributed by atoms with Gasteiger partial charge in [0.05, 0.1) is 0 Å². The van der Waals surface area contributed by atoms with Crippen LogP contribution in [0.1, 0.15) is 59.3 Å². The molecule has 0 aromatic rings. The Bertz CT molecular complexity index is 97.2. The first-order chi connectivity index (χ1) is 5.62. The Morgan fingerprint density at radius 3 is 2.08 bits per heavy atom. The molecule has 0 aromatic heterocycles. The fraction of sp³-hybridized carbons (Fsp3) is 1.00. The highest BCUT2D eigenvalue weighted by Gasteiger charge is 2.15. The quantitative estimate of drug-likeness (QED) is 0.584. The van der Waals surface area contributed by atoms with Crippen LogP contribution in [0.4, 0.5) is 0 Å². The Morgan fingerprint density at radius 1 is 1.00 bits per heavy atom. The summed E-state index contributed by atoms with van der Waals surface area (Å²) in [6, 6.07) is 0. The number of hydrogen-bond acceptors (Lipinski definition) is 1. The lowest BCUT2D eigenvalue weighted by molar-refractivity contribution is 0.288. The molecule has 0 unspecified atom stereocenters.